The predicted octanol–water partition coefficient (Wildman–Crippen LogP) is 0.766. The third-order valence-electron chi connectivity index (χ3n) is 3.71. The van der Waals surface area contributed by atoms with E-state index in [-0.39, 0.29) is 6.61 Å². The van der Waals surface area contributed by atoms with Gasteiger partial charge in [-0.3, -0.25) is 0 Å². The summed E-state index contributed by atoms with van der Waals surface area (Å²) < 4.78 is 28.7. The van der Waals surface area contributed by atoms with E-state index in [1.54, 1.807) is 6.92 Å². The summed E-state index contributed by atoms with van der Waals surface area (Å²) in [6.07, 6.45) is 1.10. The molecule has 0 unspecified atom stereocenters. The van der Waals surface area contributed by atoms with Crippen LogP contribution in [0, 0.1) is 6.92 Å². The second-order valence-corrected chi connectivity index (χ2v) is 7.46. The zero-order valence-electron chi connectivity index (χ0n) is 11.8. The van der Waals surface area contributed by atoms with Gasteiger partial charge in [0.15, 0.2) is 9.84 Å². The van der Waals surface area contributed by atoms with Crippen LogP contribution in [0.5, 0.6) is 0 Å². The number of aryl methyl sites for hydroxylation is 1. The van der Waals surface area contributed by atoms with Crippen molar-refractivity contribution in [3.05, 3.63) is 35.4 Å². The standard InChI is InChI=1S/C14H19NO4S/c1-4-19-13(16)14(15)11(12(14)20(3,17)18)10-7-5-9(2)6-8-10/h5-8,11-12H,4,15H2,1-3H3/t11-,12-,14+/m1/s1. The Morgan fingerprint density at radius 3 is 2.35 bits per heavy atom. The molecule has 0 bridgehead atoms. The van der Waals surface area contributed by atoms with E-state index in [0.29, 0.717) is 0 Å². The van der Waals surface area contributed by atoms with E-state index in [4.69, 9.17) is 10.5 Å². The maximum atomic E-state index is 12.0. The third kappa shape index (κ3) is 2.33. The highest BCUT2D eigenvalue weighted by atomic mass is 32.2. The average Bonchev–Trinajstić information content (AvgIpc) is 2.99. The highest BCUT2D eigenvalue weighted by molar-refractivity contribution is 7.91. The minimum absolute atomic E-state index is 0.175. The van der Waals surface area contributed by atoms with E-state index in [1.807, 2.05) is 31.2 Å². The van der Waals surface area contributed by atoms with Crippen molar-refractivity contribution in [2.24, 2.45) is 5.73 Å². The van der Waals surface area contributed by atoms with Gasteiger partial charge in [-0.25, -0.2) is 13.2 Å². The van der Waals surface area contributed by atoms with Gasteiger partial charge in [-0.05, 0) is 19.4 Å². The molecular weight excluding hydrogens is 278 g/mol. The summed E-state index contributed by atoms with van der Waals surface area (Å²) in [5.41, 5.74) is 6.40. The lowest BCUT2D eigenvalue weighted by Crippen LogP contribution is -2.41. The monoisotopic (exact) mass is 297 g/mol. The van der Waals surface area contributed by atoms with Gasteiger partial charge in [-0.1, -0.05) is 29.8 Å². The molecule has 3 atom stereocenters. The summed E-state index contributed by atoms with van der Waals surface area (Å²) in [4.78, 5) is 12.0. The molecule has 0 radical (unpaired) electrons. The van der Waals surface area contributed by atoms with E-state index in [1.165, 1.54) is 0 Å². The van der Waals surface area contributed by atoms with Crippen LogP contribution < -0.4 is 5.73 Å². The molecule has 2 N–H and O–H groups in total. The molecule has 1 saturated carbocycles. The molecule has 1 aromatic carbocycles. The lowest BCUT2D eigenvalue weighted by Gasteiger charge is -2.10. The first kappa shape index (κ1) is 15.0. The molecule has 1 aliphatic rings. The number of carbonyl (C=O) groups excluding carboxylic acids is 1. The van der Waals surface area contributed by atoms with Crippen LogP contribution in [-0.4, -0.2) is 38.0 Å². The lowest BCUT2D eigenvalue weighted by atomic mass is 10.1. The maximum absolute atomic E-state index is 12.0. The Balaban J connectivity index is 2.41. The molecule has 0 saturated heterocycles. The summed E-state index contributed by atoms with van der Waals surface area (Å²) in [6.45, 7) is 3.78. The smallest absolute Gasteiger partial charge is 0.328 e. The topological polar surface area (TPSA) is 86.5 Å². The molecule has 0 aromatic heterocycles. The number of benzene rings is 1. The van der Waals surface area contributed by atoms with Crippen molar-refractivity contribution in [1.29, 1.82) is 0 Å². The number of rotatable bonds is 4. The van der Waals surface area contributed by atoms with Crippen molar-refractivity contribution in [3.8, 4) is 0 Å². The second kappa shape index (κ2) is 4.86. The molecule has 20 heavy (non-hydrogen) atoms. The van der Waals surface area contributed by atoms with Crippen LogP contribution in [0.1, 0.15) is 24.0 Å². The van der Waals surface area contributed by atoms with Gasteiger partial charge in [0.05, 0.1) is 11.9 Å². The predicted molar refractivity (Wildman–Crippen MR) is 76.1 cm³/mol. The summed E-state index contributed by atoms with van der Waals surface area (Å²) >= 11 is 0. The van der Waals surface area contributed by atoms with Crippen molar-refractivity contribution < 1.29 is 17.9 Å². The Morgan fingerprint density at radius 1 is 1.35 bits per heavy atom. The molecule has 0 spiro atoms. The zero-order valence-corrected chi connectivity index (χ0v) is 12.6. The van der Waals surface area contributed by atoms with Crippen LogP contribution in [0.3, 0.4) is 0 Å². The number of hydrogen-bond acceptors (Lipinski definition) is 5. The van der Waals surface area contributed by atoms with Crippen molar-refractivity contribution in [3.63, 3.8) is 0 Å². The molecule has 5 nitrogen and oxygen atoms in total. The molecule has 0 aliphatic heterocycles. The number of sulfone groups is 1. The fourth-order valence-electron chi connectivity index (χ4n) is 2.70. The number of carbonyl (C=O) groups is 1. The van der Waals surface area contributed by atoms with Crippen molar-refractivity contribution in [2.45, 2.75) is 30.6 Å². The van der Waals surface area contributed by atoms with E-state index in [2.05, 4.69) is 0 Å². The fourth-order valence-corrected chi connectivity index (χ4v) is 4.45. The molecule has 1 aromatic rings. The Morgan fingerprint density at radius 2 is 1.90 bits per heavy atom. The van der Waals surface area contributed by atoms with Gasteiger partial charge in [-0.15, -0.1) is 0 Å². The van der Waals surface area contributed by atoms with Crippen LogP contribution in [-0.2, 0) is 19.4 Å². The average molecular weight is 297 g/mol. The van der Waals surface area contributed by atoms with Gasteiger partial charge in [0.2, 0.25) is 0 Å². The molecule has 6 heteroatoms. The van der Waals surface area contributed by atoms with E-state index >= 15 is 0 Å². The van der Waals surface area contributed by atoms with Crippen LogP contribution in [0.2, 0.25) is 0 Å². The Kier molecular flexibility index (Phi) is 3.64. The minimum Gasteiger partial charge on any atom is -0.465 e. The van der Waals surface area contributed by atoms with Gasteiger partial charge >= 0.3 is 5.97 Å². The fraction of sp³-hybridized carbons (Fsp3) is 0.500. The molecule has 1 aliphatic carbocycles. The van der Waals surface area contributed by atoms with Gasteiger partial charge in [0.1, 0.15) is 5.54 Å². The van der Waals surface area contributed by atoms with E-state index in [0.717, 1.165) is 17.4 Å². The maximum Gasteiger partial charge on any atom is 0.328 e. The summed E-state index contributed by atoms with van der Waals surface area (Å²) in [6, 6.07) is 7.37. The highest BCUT2D eigenvalue weighted by Crippen LogP contribution is 2.54. The largest absolute Gasteiger partial charge is 0.465 e. The molecule has 1 fully saturated rings. The highest BCUT2D eigenvalue weighted by Gasteiger charge is 2.73. The number of nitrogens with two attached hydrogens (primary N) is 1. The summed E-state index contributed by atoms with van der Waals surface area (Å²) in [5, 5.41) is -0.920. The minimum atomic E-state index is -3.43. The van der Waals surface area contributed by atoms with Gasteiger partial charge < -0.3 is 10.5 Å². The van der Waals surface area contributed by atoms with Crippen molar-refractivity contribution >= 4 is 15.8 Å². The van der Waals surface area contributed by atoms with Crippen LogP contribution >= 0.6 is 0 Å². The van der Waals surface area contributed by atoms with Crippen LogP contribution in [0.15, 0.2) is 24.3 Å². The van der Waals surface area contributed by atoms with Crippen molar-refractivity contribution in [2.75, 3.05) is 12.9 Å². The van der Waals surface area contributed by atoms with E-state index in [9.17, 15) is 13.2 Å². The number of hydrogen-bond donors (Lipinski definition) is 1. The normalized spacial score (nSPS) is 29.0. The van der Waals surface area contributed by atoms with Crippen LogP contribution in [0.25, 0.3) is 0 Å². The van der Waals surface area contributed by atoms with Crippen molar-refractivity contribution in [1.82, 2.24) is 0 Å². The number of esters is 1. The first-order valence-electron chi connectivity index (χ1n) is 6.44. The number of ether oxygens (including phenoxy) is 1. The Labute approximate surface area is 119 Å². The quantitative estimate of drug-likeness (QED) is 0.829. The van der Waals surface area contributed by atoms with Gasteiger partial charge in [-0.2, -0.15) is 0 Å². The molecule has 2 rings (SSSR count). The SMILES string of the molecule is CCOC(=O)[C@]1(N)[C@H](c2ccc(C)cc2)[C@H]1S(C)(=O)=O. The molecule has 0 heterocycles. The molecule has 110 valence electrons. The lowest BCUT2D eigenvalue weighted by molar-refractivity contribution is -0.145. The van der Waals surface area contributed by atoms with Crippen LogP contribution in [0.4, 0.5) is 0 Å². The molecule has 0 amide bonds. The molecular formula is C14H19NO4S. The van der Waals surface area contributed by atoms with Gasteiger partial charge in [0.25, 0.3) is 0 Å². The summed E-state index contributed by atoms with van der Waals surface area (Å²) in [5.74, 6) is -1.20. The Hall–Kier alpha value is -1.40. The zero-order chi connectivity index (χ0) is 15.1. The first-order chi connectivity index (χ1) is 9.22. The summed E-state index contributed by atoms with van der Waals surface area (Å²) in [7, 11) is -3.43. The second-order valence-electron chi connectivity index (χ2n) is 5.29. The third-order valence-corrected chi connectivity index (χ3v) is 5.29. The van der Waals surface area contributed by atoms with Gasteiger partial charge in [0, 0.05) is 12.2 Å². The van der Waals surface area contributed by atoms with E-state index < -0.39 is 32.5 Å². The first-order valence-corrected chi connectivity index (χ1v) is 8.40. The Bertz CT molecular complexity index is 623.